The van der Waals surface area contributed by atoms with Gasteiger partial charge < -0.3 is 10.6 Å². The number of carbonyl (C=O) groups excluding carboxylic acids is 2. The highest BCUT2D eigenvalue weighted by Gasteiger charge is 2.51. The molecule has 0 aliphatic heterocycles. The molecule has 0 aromatic heterocycles. The standard InChI is InChI=1S/C15H20N2O2/c1-3-7-16-14(18)12-10-5-6-11(9-10)13(12)15(19)17-8-4-2/h3-6,10-13H,1-2,7-9H2,(H,16,18)(H,17,19)/t10-,11-,12-,13+/m0/s1. The van der Waals surface area contributed by atoms with Gasteiger partial charge >= 0.3 is 0 Å². The summed E-state index contributed by atoms with van der Waals surface area (Å²) >= 11 is 0. The Hall–Kier alpha value is -1.84. The Bertz CT molecular complexity index is 390. The zero-order chi connectivity index (χ0) is 13.8. The Kier molecular flexibility index (Phi) is 4.20. The van der Waals surface area contributed by atoms with E-state index in [1.807, 2.05) is 0 Å². The molecule has 19 heavy (non-hydrogen) atoms. The fraction of sp³-hybridized carbons (Fsp3) is 0.467. The van der Waals surface area contributed by atoms with Crippen molar-refractivity contribution in [1.82, 2.24) is 10.6 Å². The second kappa shape index (κ2) is 5.87. The van der Waals surface area contributed by atoms with Crippen molar-refractivity contribution in [1.29, 1.82) is 0 Å². The van der Waals surface area contributed by atoms with Crippen LogP contribution in [0.25, 0.3) is 0 Å². The van der Waals surface area contributed by atoms with E-state index < -0.39 is 0 Å². The Balaban J connectivity index is 2.08. The summed E-state index contributed by atoms with van der Waals surface area (Å²) in [7, 11) is 0. The molecule has 0 spiro atoms. The number of amides is 2. The molecule has 0 aromatic rings. The molecule has 4 nitrogen and oxygen atoms in total. The Morgan fingerprint density at radius 3 is 1.79 bits per heavy atom. The molecular weight excluding hydrogens is 240 g/mol. The molecule has 102 valence electrons. The van der Waals surface area contributed by atoms with Crippen LogP contribution in [0.1, 0.15) is 6.42 Å². The second-order valence-electron chi connectivity index (χ2n) is 5.07. The molecule has 0 aromatic carbocycles. The summed E-state index contributed by atoms with van der Waals surface area (Å²) in [6.07, 6.45) is 8.33. The van der Waals surface area contributed by atoms with Gasteiger partial charge in [-0.25, -0.2) is 0 Å². The van der Waals surface area contributed by atoms with E-state index in [1.165, 1.54) is 0 Å². The van der Waals surface area contributed by atoms with E-state index in [9.17, 15) is 9.59 Å². The van der Waals surface area contributed by atoms with Crippen LogP contribution in [0, 0.1) is 23.7 Å². The molecular formula is C15H20N2O2. The average molecular weight is 260 g/mol. The molecule has 0 unspecified atom stereocenters. The van der Waals surface area contributed by atoms with Gasteiger partial charge in [0, 0.05) is 13.1 Å². The highest BCUT2D eigenvalue weighted by atomic mass is 16.2. The van der Waals surface area contributed by atoms with Crippen molar-refractivity contribution in [2.75, 3.05) is 13.1 Å². The Labute approximate surface area is 113 Å². The maximum absolute atomic E-state index is 12.2. The average Bonchev–Trinajstić information content (AvgIpc) is 3.02. The molecule has 2 N–H and O–H groups in total. The number of nitrogens with one attached hydrogen (secondary N) is 2. The quantitative estimate of drug-likeness (QED) is 0.701. The highest BCUT2D eigenvalue weighted by Crippen LogP contribution is 2.48. The minimum absolute atomic E-state index is 0.0458. The van der Waals surface area contributed by atoms with Gasteiger partial charge in [0.25, 0.3) is 0 Å². The van der Waals surface area contributed by atoms with E-state index in [4.69, 9.17) is 0 Å². The van der Waals surface area contributed by atoms with Crippen LogP contribution in [0.4, 0.5) is 0 Å². The molecule has 1 saturated carbocycles. The van der Waals surface area contributed by atoms with Crippen LogP contribution in [0.15, 0.2) is 37.5 Å². The fourth-order valence-corrected chi connectivity index (χ4v) is 3.12. The highest BCUT2D eigenvalue weighted by molar-refractivity contribution is 5.89. The smallest absolute Gasteiger partial charge is 0.224 e. The normalized spacial score (nSPS) is 30.9. The predicted molar refractivity (Wildman–Crippen MR) is 74.1 cm³/mol. The molecule has 1 fully saturated rings. The first-order valence-corrected chi connectivity index (χ1v) is 6.64. The minimum Gasteiger partial charge on any atom is -0.352 e. The van der Waals surface area contributed by atoms with E-state index in [0.29, 0.717) is 13.1 Å². The summed E-state index contributed by atoms with van der Waals surface area (Å²) < 4.78 is 0. The monoisotopic (exact) mass is 260 g/mol. The van der Waals surface area contributed by atoms with E-state index >= 15 is 0 Å². The molecule has 2 amide bonds. The fourth-order valence-electron chi connectivity index (χ4n) is 3.12. The van der Waals surface area contributed by atoms with Crippen molar-refractivity contribution in [3.05, 3.63) is 37.5 Å². The third-order valence-electron chi connectivity index (χ3n) is 3.91. The number of hydrogen-bond donors (Lipinski definition) is 2. The molecule has 0 heterocycles. The van der Waals surface area contributed by atoms with Crippen molar-refractivity contribution in [3.63, 3.8) is 0 Å². The largest absolute Gasteiger partial charge is 0.352 e. The van der Waals surface area contributed by atoms with Crippen LogP contribution < -0.4 is 10.6 Å². The maximum Gasteiger partial charge on any atom is 0.224 e. The third-order valence-corrected chi connectivity index (χ3v) is 3.91. The molecule has 2 rings (SSSR count). The number of hydrogen-bond acceptors (Lipinski definition) is 2. The summed E-state index contributed by atoms with van der Waals surface area (Å²) in [5, 5.41) is 5.62. The van der Waals surface area contributed by atoms with Gasteiger partial charge in [-0.05, 0) is 18.3 Å². The summed E-state index contributed by atoms with van der Waals surface area (Å²) in [5.41, 5.74) is 0. The van der Waals surface area contributed by atoms with Gasteiger partial charge in [-0.2, -0.15) is 0 Å². The Morgan fingerprint density at radius 1 is 1.00 bits per heavy atom. The topological polar surface area (TPSA) is 58.2 Å². The van der Waals surface area contributed by atoms with Gasteiger partial charge in [-0.15, -0.1) is 13.2 Å². The summed E-state index contributed by atoms with van der Waals surface area (Å²) in [4.78, 5) is 24.4. The van der Waals surface area contributed by atoms with E-state index in [2.05, 4.69) is 35.9 Å². The zero-order valence-electron chi connectivity index (χ0n) is 11.0. The van der Waals surface area contributed by atoms with E-state index in [-0.39, 0.29) is 35.5 Å². The van der Waals surface area contributed by atoms with Crippen LogP contribution in [0.5, 0.6) is 0 Å². The minimum atomic E-state index is -0.250. The van der Waals surface area contributed by atoms with Crippen LogP contribution >= 0.6 is 0 Å². The van der Waals surface area contributed by atoms with Crippen molar-refractivity contribution < 1.29 is 9.59 Å². The van der Waals surface area contributed by atoms with Gasteiger partial charge in [0.15, 0.2) is 0 Å². The maximum atomic E-state index is 12.2. The van der Waals surface area contributed by atoms with E-state index in [1.54, 1.807) is 12.2 Å². The first kappa shape index (κ1) is 13.6. The van der Waals surface area contributed by atoms with Gasteiger partial charge in [0.2, 0.25) is 11.8 Å². The lowest BCUT2D eigenvalue weighted by molar-refractivity contribution is -0.135. The van der Waals surface area contributed by atoms with Crippen LogP contribution in [0.2, 0.25) is 0 Å². The summed E-state index contributed by atoms with van der Waals surface area (Å²) in [6.45, 7) is 8.05. The molecule has 4 atom stereocenters. The van der Waals surface area contributed by atoms with Crippen molar-refractivity contribution in [3.8, 4) is 0 Å². The second-order valence-corrected chi connectivity index (χ2v) is 5.07. The van der Waals surface area contributed by atoms with Crippen LogP contribution in [0.3, 0.4) is 0 Å². The van der Waals surface area contributed by atoms with Crippen LogP contribution in [-0.4, -0.2) is 24.9 Å². The van der Waals surface area contributed by atoms with E-state index in [0.717, 1.165) is 6.42 Å². The van der Waals surface area contributed by atoms with Gasteiger partial charge in [-0.1, -0.05) is 24.3 Å². The van der Waals surface area contributed by atoms with Crippen LogP contribution in [-0.2, 0) is 9.59 Å². The van der Waals surface area contributed by atoms with Crippen molar-refractivity contribution >= 4 is 11.8 Å². The molecule has 2 aliphatic rings. The summed E-state index contributed by atoms with van der Waals surface area (Å²) in [5.74, 6) is -0.214. The third kappa shape index (κ3) is 2.62. The number of allylic oxidation sites excluding steroid dienone is 2. The lowest BCUT2D eigenvalue weighted by atomic mass is 9.81. The number of fused-ring (bicyclic) bond motifs is 2. The predicted octanol–water partition coefficient (Wildman–Crippen LogP) is 1.03. The first-order valence-electron chi connectivity index (χ1n) is 6.64. The van der Waals surface area contributed by atoms with Crippen molar-refractivity contribution in [2.45, 2.75) is 6.42 Å². The zero-order valence-corrected chi connectivity index (χ0v) is 11.0. The molecule has 2 bridgehead atoms. The molecule has 0 saturated heterocycles. The molecule has 2 aliphatic carbocycles. The lowest BCUT2D eigenvalue weighted by Gasteiger charge is -2.26. The van der Waals surface area contributed by atoms with Gasteiger partial charge in [0.05, 0.1) is 11.8 Å². The number of carbonyl (C=O) groups is 2. The molecule has 0 radical (unpaired) electrons. The van der Waals surface area contributed by atoms with Gasteiger partial charge in [-0.3, -0.25) is 9.59 Å². The SMILES string of the molecule is C=CCNC(=O)[C@@H]1[C@H](C(=O)NCC=C)[C@H]2C=C[C@H]1C2. The first-order chi connectivity index (χ1) is 9.19. The molecule has 4 heteroatoms. The number of rotatable bonds is 6. The summed E-state index contributed by atoms with van der Waals surface area (Å²) in [6, 6.07) is 0. The lowest BCUT2D eigenvalue weighted by Crippen LogP contribution is -2.44. The Morgan fingerprint density at radius 2 is 1.42 bits per heavy atom. The van der Waals surface area contributed by atoms with Crippen molar-refractivity contribution in [2.24, 2.45) is 23.7 Å². The van der Waals surface area contributed by atoms with Gasteiger partial charge in [0.1, 0.15) is 0 Å².